The molecule has 0 fully saturated rings. The molecule has 0 aliphatic carbocycles. The normalized spacial score (nSPS) is 12.6. The van der Waals surface area contributed by atoms with Crippen LogP contribution in [-0.2, 0) is 6.54 Å². The molecule has 90 valence electrons. The summed E-state index contributed by atoms with van der Waals surface area (Å²) in [6.07, 6.45) is 0. The Labute approximate surface area is 115 Å². The minimum absolute atomic E-state index is 0.273. The van der Waals surface area contributed by atoms with E-state index in [0.717, 1.165) is 16.6 Å². The number of nitrogens with one attached hydrogen (secondary N) is 1. The zero-order valence-electron chi connectivity index (χ0n) is 9.41. The summed E-state index contributed by atoms with van der Waals surface area (Å²) in [5, 5.41) is 6.98. The molecule has 2 aromatic rings. The monoisotopic (exact) mass is 285 g/mol. The van der Waals surface area contributed by atoms with Crippen molar-refractivity contribution in [3.05, 3.63) is 56.2 Å². The average molecular weight is 286 g/mol. The van der Waals surface area contributed by atoms with Crippen LogP contribution in [0.3, 0.4) is 0 Å². The van der Waals surface area contributed by atoms with Crippen LogP contribution >= 0.6 is 34.5 Å². The van der Waals surface area contributed by atoms with Gasteiger partial charge in [0.25, 0.3) is 0 Å². The molecule has 0 saturated carbocycles. The van der Waals surface area contributed by atoms with Crippen molar-refractivity contribution in [1.29, 1.82) is 0 Å². The van der Waals surface area contributed by atoms with Crippen molar-refractivity contribution >= 4 is 34.5 Å². The van der Waals surface area contributed by atoms with Crippen LogP contribution in [0.1, 0.15) is 23.4 Å². The third-order valence-electron chi connectivity index (χ3n) is 2.55. The molecule has 1 N–H and O–H groups in total. The van der Waals surface area contributed by atoms with Crippen LogP contribution in [0, 0.1) is 0 Å². The van der Waals surface area contributed by atoms with Gasteiger partial charge in [-0.1, -0.05) is 35.3 Å². The minimum atomic E-state index is 0.273. The van der Waals surface area contributed by atoms with E-state index >= 15 is 0 Å². The van der Waals surface area contributed by atoms with Gasteiger partial charge in [0.15, 0.2) is 0 Å². The summed E-state index contributed by atoms with van der Waals surface area (Å²) in [5.74, 6) is 0. The fourth-order valence-electron chi connectivity index (χ4n) is 1.59. The summed E-state index contributed by atoms with van der Waals surface area (Å²) in [5.41, 5.74) is 1.19. The standard InChI is InChI=1S/C13H13Cl2NS/c1-9(10-3-2-4-11(14)5-10)16-7-13-6-12(15)8-17-13/h2-6,8-9,16H,7H2,1H3. The molecule has 0 amide bonds. The molecular formula is C13H13Cl2NS. The number of thiophene rings is 1. The summed E-state index contributed by atoms with van der Waals surface area (Å²) in [4.78, 5) is 1.24. The molecule has 1 heterocycles. The van der Waals surface area contributed by atoms with Gasteiger partial charge in [-0.2, -0.15) is 0 Å². The number of rotatable bonds is 4. The lowest BCUT2D eigenvalue weighted by molar-refractivity contribution is 0.579. The molecule has 0 bridgehead atoms. The van der Waals surface area contributed by atoms with Gasteiger partial charge in [-0.25, -0.2) is 0 Å². The maximum atomic E-state index is 5.97. The lowest BCUT2D eigenvalue weighted by Crippen LogP contribution is -2.17. The predicted octanol–water partition coefficient (Wildman–Crippen LogP) is 4.91. The van der Waals surface area contributed by atoms with Crippen molar-refractivity contribution in [3.8, 4) is 0 Å². The van der Waals surface area contributed by atoms with E-state index in [4.69, 9.17) is 23.2 Å². The van der Waals surface area contributed by atoms with E-state index in [2.05, 4.69) is 18.3 Å². The predicted molar refractivity (Wildman–Crippen MR) is 76.0 cm³/mol. The van der Waals surface area contributed by atoms with Crippen molar-refractivity contribution in [2.24, 2.45) is 0 Å². The van der Waals surface area contributed by atoms with Crippen LogP contribution in [0.5, 0.6) is 0 Å². The van der Waals surface area contributed by atoms with Gasteiger partial charge >= 0.3 is 0 Å². The SMILES string of the molecule is CC(NCc1cc(Cl)cs1)c1cccc(Cl)c1. The second-order valence-corrected chi connectivity index (χ2v) is 5.76. The highest BCUT2D eigenvalue weighted by atomic mass is 35.5. The fraction of sp³-hybridized carbons (Fsp3) is 0.231. The van der Waals surface area contributed by atoms with Crippen LogP contribution in [0.15, 0.2) is 35.7 Å². The zero-order valence-corrected chi connectivity index (χ0v) is 11.7. The Kier molecular flexibility index (Phi) is 4.46. The first-order chi connectivity index (χ1) is 8.15. The Morgan fingerprint density at radius 2 is 2.06 bits per heavy atom. The molecule has 1 aromatic carbocycles. The smallest absolute Gasteiger partial charge is 0.0516 e. The van der Waals surface area contributed by atoms with E-state index in [1.54, 1.807) is 11.3 Å². The van der Waals surface area contributed by atoms with Gasteiger partial charge in [-0.15, -0.1) is 11.3 Å². The molecule has 1 aromatic heterocycles. The van der Waals surface area contributed by atoms with Gasteiger partial charge in [-0.3, -0.25) is 0 Å². The van der Waals surface area contributed by atoms with Crippen LogP contribution < -0.4 is 5.32 Å². The average Bonchev–Trinajstić information content (AvgIpc) is 2.72. The van der Waals surface area contributed by atoms with E-state index in [-0.39, 0.29) is 6.04 Å². The van der Waals surface area contributed by atoms with Gasteiger partial charge < -0.3 is 5.32 Å². The van der Waals surface area contributed by atoms with E-state index in [9.17, 15) is 0 Å². The third kappa shape index (κ3) is 3.71. The van der Waals surface area contributed by atoms with Crippen LogP contribution in [0.4, 0.5) is 0 Å². The second kappa shape index (κ2) is 5.87. The first-order valence-corrected chi connectivity index (χ1v) is 7.00. The number of benzene rings is 1. The fourth-order valence-corrected chi connectivity index (χ4v) is 2.82. The molecule has 0 spiro atoms. The van der Waals surface area contributed by atoms with Crippen molar-refractivity contribution in [1.82, 2.24) is 5.32 Å². The van der Waals surface area contributed by atoms with E-state index < -0.39 is 0 Å². The summed E-state index contributed by atoms with van der Waals surface area (Å²) in [7, 11) is 0. The highest BCUT2D eigenvalue weighted by Gasteiger charge is 2.06. The Morgan fingerprint density at radius 3 is 2.71 bits per heavy atom. The van der Waals surface area contributed by atoms with Crippen LogP contribution in [0.25, 0.3) is 0 Å². The Balaban J connectivity index is 1.95. The first kappa shape index (κ1) is 12.9. The molecule has 1 nitrogen and oxygen atoms in total. The summed E-state index contributed by atoms with van der Waals surface area (Å²) < 4.78 is 0. The topological polar surface area (TPSA) is 12.0 Å². The van der Waals surface area contributed by atoms with E-state index in [1.807, 2.05) is 29.6 Å². The molecule has 0 radical (unpaired) electrons. The van der Waals surface area contributed by atoms with Gasteiger partial charge in [0.1, 0.15) is 0 Å². The van der Waals surface area contributed by atoms with Crippen molar-refractivity contribution in [3.63, 3.8) is 0 Å². The molecule has 0 aliphatic rings. The van der Waals surface area contributed by atoms with Crippen molar-refractivity contribution < 1.29 is 0 Å². The van der Waals surface area contributed by atoms with Gasteiger partial charge in [0, 0.05) is 27.9 Å². The molecular weight excluding hydrogens is 273 g/mol. The number of hydrogen-bond acceptors (Lipinski definition) is 2. The maximum Gasteiger partial charge on any atom is 0.0516 e. The molecule has 1 atom stereocenters. The van der Waals surface area contributed by atoms with Crippen LogP contribution in [-0.4, -0.2) is 0 Å². The molecule has 0 saturated heterocycles. The summed E-state index contributed by atoms with van der Waals surface area (Å²) in [6, 6.07) is 10.2. The van der Waals surface area contributed by atoms with Crippen molar-refractivity contribution in [2.45, 2.75) is 19.5 Å². The lowest BCUT2D eigenvalue weighted by Gasteiger charge is -2.13. The Hall–Kier alpha value is -0.540. The molecule has 1 unspecified atom stereocenters. The highest BCUT2D eigenvalue weighted by molar-refractivity contribution is 7.10. The lowest BCUT2D eigenvalue weighted by atomic mass is 10.1. The molecule has 0 aliphatic heterocycles. The Bertz CT molecular complexity index is 496. The molecule has 2 rings (SSSR count). The van der Waals surface area contributed by atoms with Gasteiger partial charge in [0.2, 0.25) is 0 Å². The van der Waals surface area contributed by atoms with Crippen LogP contribution in [0.2, 0.25) is 10.0 Å². The number of hydrogen-bond donors (Lipinski definition) is 1. The molecule has 4 heteroatoms. The maximum absolute atomic E-state index is 5.97. The van der Waals surface area contributed by atoms with Gasteiger partial charge in [-0.05, 0) is 30.7 Å². The summed E-state index contributed by atoms with van der Waals surface area (Å²) >= 11 is 13.5. The largest absolute Gasteiger partial charge is 0.305 e. The van der Waals surface area contributed by atoms with E-state index in [1.165, 1.54) is 10.4 Å². The quantitative estimate of drug-likeness (QED) is 0.842. The summed E-state index contributed by atoms with van der Waals surface area (Å²) in [6.45, 7) is 2.95. The third-order valence-corrected chi connectivity index (χ3v) is 4.07. The van der Waals surface area contributed by atoms with Gasteiger partial charge in [0.05, 0.1) is 5.02 Å². The minimum Gasteiger partial charge on any atom is -0.305 e. The van der Waals surface area contributed by atoms with Crippen molar-refractivity contribution in [2.75, 3.05) is 0 Å². The zero-order chi connectivity index (χ0) is 12.3. The number of halogens is 2. The Morgan fingerprint density at radius 1 is 1.24 bits per heavy atom. The second-order valence-electron chi connectivity index (χ2n) is 3.89. The van der Waals surface area contributed by atoms with E-state index in [0.29, 0.717) is 0 Å². The highest BCUT2D eigenvalue weighted by Crippen LogP contribution is 2.21. The first-order valence-electron chi connectivity index (χ1n) is 5.37. The molecule has 17 heavy (non-hydrogen) atoms.